The third-order valence-corrected chi connectivity index (χ3v) is 11.2. The van der Waals surface area contributed by atoms with E-state index in [1.807, 2.05) is 32.8 Å². The highest BCUT2D eigenvalue weighted by atomic mass is 16.2. The number of aromatic amines is 1. The molecule has 0 unspecified atom stereocenters. The Bertz CT molecular complexity index is 2000. The number of hydrogen-bond acceptors (Lipinski definition) is 14. The maximum absolute atomic E-state index is 14.5. The Hall–Kier alpha value is -7.10. The summed E-state index contributed by atoms with van der Waals surface area (Å²) in [6.07, 6.45) is 5.82. The van der Waals surface area contributed by atoms with Crippen molar-refractivity contribution in [2.45, 2.75) is 154 Å². The van der Waals surface area contributed by atoms with E-state index in [0.29, 0.717) is 37.8 Å². The number of unbranched alkanes of at least 4 members (excludes halogenated alkanes) is 1. The lowest BCUT2D eigenvalue weighted by molar-refractivity contribution is -0.136. The number of aromatic nitrogens is 2. The molecule has 1 heterocycles. The first-order valence-electron chi connectivity index (χ1n) is 25.0. The Morgan fingerprint density at radius 3 is 1.45 bits per heavy atom. The van der Waals surface area contributed by atoms with Gasteiger partial charge in [0, 0.05) is 37.9 Å². The summed E-state index contributed by atoms with van der Waals surface area (Å²) in [5.41, 5.74) is 39.0. The molecule has 0 radical (unpaired) electrons. The third-order valence-electron chi connectivity index (χ3n) is 11.2. The van der Waals surface area contributed by atoms with E-state index in [1.165, 1.54) is 19.4 Å². The molecule has 1 aromatic rings. The lowest BCUT2D eigenvalue weighted by Gasteiger charge is -2.29. The minimum atomic E-state index is -1.35. The van der Waals surface area contributed by atoms with Crippen molar-refractivity contribution in [2.75, 3.05) is 40.3 Å². The lowest BCUT2D eigenvalue weighted by atomic mass is 9.98. The maximum Gasteiger partial charge on any atom is 0.243 e. The van der Waals surface area contributed by atoms with Crippen LogP contribution in [0.3, 0.4) is 0 Å². The van der Waals surface area contributed by atoms with E-state index < -0.39 is 95.6 Å². The molecular weight excluding hydrogens is 961 g/mol. The normalized spacial score (nSPS) is 14.4. The summed E-state index contributed by atoms with van der Waals surface area (Å²) in [7, 11) is 3.78. The van der Waals surface area contributed by atoms with Crippen LogP contribution in [0.25, 0.3) is 0 Å². The second-order valence-corrected chi connectivity index (χ2v) is 19.1. The Balaban J connectivity index is 3.58. The van der Waals surface area contributed by atoms with Gasteiger partial charge in [-0.05, 0) is 104 Å². The fourth-order valence-electron chi connectivity index (χ4n) is 7.27. The van der Waals surface area contributed by atoms with Crippen LogP contribution in [-0.4, -0.2) is 169 Å². The van der Waals surface area contributed by atoms with Crippen LogP contribution in [0.2, 0.25) is 0 Å². The lowest BCUT2D eigenvalue weighted by Crippen LogP contribution is -2.61. The number of aldehydes is 1. The zero-order chi connectivity index (χ0) is 55.9. The molecule has 74 heavy (non-hydrogen) atoms. The smallest absolute Gasteiger partial charge is 0.243 e. The number of guanidine groups is 3. The van der Waals surface area contributed by atoms with Gasteiger partial charge in [0.2, 0.25) is 41.4 Å². The van der Waals surface area contributed by atoms with E-state index in [-0.39, 0.29) is 94.8 Å². The van der Waals surface area contributed by atoms with Gasteiger partial charge in [0.25, 0.3) is 0 Å². The monoisotopic (exact) mass is 1050 g/mol. The summed E-state index contributed by atoms with van der Waals surface area (Å²) in [4.78, 5) is 130. The highest BCUT2D eigenvalue weighted by Gasteiger charge is 2.35. The van der Waals surface area contributed by atoms with Crippen molar-refractivity contribution in [2.24, 2.45) is 66.9 Å². The molecule has 0 aliphatic heterocycles. The Morgan fingerprint density at radius 2 is 1.01 bits per heavy atom. The van der Waals surface area contributed by atoms with Gasteiger partial charge < -0.3 is 92.0 Å². The van der Waals surface area contributed by atoms with Crippen LogP contribution in [0, 0.1) is 11.8 Å². The number of nitrogens with one attached hydrogen (secondary N) is 8. The fourth-order valence-corrected chi connectivity index (χ4v) is 7.27. The number of aliphatic imine (C=N–C) groups is 3. The number of nitrogens with zero attached hydrogens (tertiary/aromatic N) is 5. The van der Waals surface area contributed by atoms with Crippen LogP contribution in [-0.2, 0) is 44.8 Å². The quantitative estimate of drug-likeness (QED) is 0.0129. The Labute approximate surface area is 434 Å². The molecule has 0 aliphatic carbocycles. The largest absolute Gasteiger partial charge is 0.370 e. The van der Waals surface area contributed by atoms with Crippen molar-refractivity contribution in [1.82, 2.24) is 52.1 Å². The van der Waals surface area contributed by atoms with E-state index in [1.54, 1.807) is 13.8 Å². The first kappa shape index (κ1) is 64.9. The second-order valence-electron chi connectivity index (χ2n) is 19.1. The van der Waals surface area contributed by atoms with Gasteiger partial charge in [0.1, 0.15) is 42.5 Å². The molecule has 0 spiro atoms. The molecule has 0 saturated carbocycles. The summed E-state index contributed by atoms with van der Waals surface area (Å²) in [5.74, 6) is -5.98. The second kappa shape index (κ2) is 35.1. The van der Waals surface area contributed by atoms with Crippen LogP contribution >= 0.6 is 0 Å². The molecule has 0 aliphatic rings. The number of H-pyrrole nitrogens is 1. The minimum absolute atomic E-state index is 0.0382. The average molecular weight is 1050 g/mol. The number of nitrogens with two attached hydrogens (primary N) is 7. The molecule has 1 aromatic heterocycles. The van der Waals surface area contributed by atoms with Crippen molar-refractivity contribution < 1.29 is 38.4 Å². The SMILES string of the molecule is CC(C)C[C@H](NC(=O)[C@@H](NC(=O)[C@H](CCCCN(C)C)NC(=O)[C@H](CCCN=C(N)N)NC(=O)[C@H](Cc1cnc[nH]1)NC(=O)[C@H](CCCN=C(N)N)NC(=O)[C@H](C)N)C(C)C)C(=O)N[C@H](C=O)CCCN=C(N)N. The first-order valence-corrected chi connectivity index (χ1v) is 25.0. The van der Waals surface area contributed by atoms with Gasteiger partial charge in [0.05, 0.1) is 18.4 Å². The van der Waals surface area contributed by atoms with Crippen LogP contribution in [0.5, 0.6) is 0 Å². The Morgan fingerprint density at radius 1 is 0.581 bits per heavy atom. The van der Waals surface area contributed by atoms with Gasteiger partial charge >= 0.3 is 0 Å². The van der Waals surface area contributed by atoms with Crippen molar-refractivity contribution in [1.29, 1.82) is 0 Å². The molecule has 28 heteroatoms. The third kappa shape index (κ3) is 27.6. The summed E-state index contributed by atoms with van der Waals surface area (Å²) in [6.45, 7) is 9.68. The van der Waals surface area contributed by atoms with Crippen LogP contribution < -0.4 is 77.4 Å². The molecule has 0 fully saturated rings. The number of amides is 7. The zero-order valence-corrected chi connectivity index (χ0v) is 44.2. The van der Waals surface area contributed by atoms with Crippen molar-refractivity contribution in [3.05, 3.63) is 18.2 Å². The molecule has 7 amide bonds. The summed E-state index contributed by atoms with van der Waals surface area (Å²) < 4.78 is 0. The zero-order valence-electron chi connectivity index (χ0n) is 44.2. The van der Waals surface area contributed by atoms with E-state index in [4.69, 9.17) is 40.1 Å². The van der Waals surface area contributed by atoms with Crippen molar-refractivity contribution in [3.63, 3.8) is 0 Å². The topological polar surface area (TPSA) is 472 Å². The fraction of sp³-hybridized carbons (Fsp3) is 0.696. The van der Waals surface area contributed by atoms with Crippen molar-refractivity contribution in [3.8, 4) is 0 Å². The van der Waals surface area contributed by atoms with Crippen LogP contribution in [0.15, 0.2) is 27.5 Å². The van der Waals surface area contributed by atoms with E-state index in [0.717, 1.165) is 0 Å². The van der Waals surface area contributed by atoms with E-state index in [2.05, 4.69) is 62.2 Å². The molecule has 1 rings (SSSR count). The number of imidazole rings is 1. The van der Waals surface area contributed by atoms with Gasteiger partial charge in [-0.15, -0.1) is 0 Å². The highest BCUT2D eigenvalue weighted by Crippen LogP contribution is 2.12. The van der Waals surface area contributed by atoms with Gasteiger partial charge in [-0.25, -0.2) is 4.98 Å². The number of carbonyl (C=O) groups is 8. The minimum Gasteiger partial charge on any atom is -0.370 e. The van der Waals surface area contributed by atoms with Gasteiger partial charge in [-0.3, -0.25) is 48.5 Å². The number of rotatable bonds is 37. The summed E-state index contributed by atoms with van der Waals surface area (Å²) in [6, 6.07) is -9.20. The Kier molecular flexibility index (Phi) is 30.8. The first-order chi connectivity index (χ1) is 34.8. The molecule has 0 saturated heterocycles. The standard InChI is InChI=1S/C46H86N20O8/c1-26(2)21-34(41(72)59-29(24-67)13-10-17-55-44(48)49)64-43(74)36(27(3)4)65-40(71)31(14-8-9-20-66(6)7)61-38(69)33(16-12-19-57-46(52)53)62-42(73)35(22-30-23-54-25-58-30)63-39(70)32(60-37(68)28(5)47)15-11-18-56-45(50)51/h23-29,31-36H,8-22,47H2,1-7H3,(H,54,58)(H,59,72)(H,60,68)(H,61,69)(H,62,73)(H,63,70)(H,64,74)(H,65,71)(H4,48,49,55)(H4,50,51,56)(H4,52,53,57)/t28-,29-,31-,32-,33-,34-,35-,36-/m0/s1. The summed E-state index contributed by atoms with van der Waals surface area (Å²) in [5, 5.41) is 19.0. The molecule has 0 aromatic carbocycles. The number of carbonyl (C=O) groups excluding carboxylic acids is 8. The molecule has 0 bridgehead atoms. The van der Waals surface area contributed by atoms with E-state index in [9.17, 15) is 38.4 Å². The maximum atomic E-state index is 14.5. The van der Waals surface area contributed by atoms with Crippen LogP contribution in [0.4, 0.5) is 0 Å². The highest BCUT2D eigenvalue weighted by molar-refractivity contribution is 5.97. The van der Waals surface area contributed by atoms with E-state index >= 15 is 0 Å². The average Bonchev–Trinajstić information content (AvgIpc) is 3.83. The molecule has 418 valence electrons. The predicted molar refractivity (Wildman–Crippen MR) is 282 cm³/mol. The van der Waals surface area contributed by atoms with Gasteiger partial charge in [-0.1, -0.05) is 27.7 Å². The molecule has 28 nitrogen and oxygen atoms in total. The van der Waals surface area contributed by atoms with Crippen molar-refractivity contribution >= 4 is 65.5 Å². The van der Waals surface area contributed by atoms with Gasteiger partial charge in [0.15, 0.2) is 17.9 Å². The summed E-state index contributed by atoms with van der Waals surface area (Å²) >= 11 is 0. The van der Waals surface area contributed by atoms with Crippen LogP contribution in [0.1, 0.15) is 105 Å². The van der Waals surface area contributed by atoms with Gasteiger partial charge in [-0.2, -0.15) is 0 Å². The number of hydrogen-bond donors (Lipinski definition) is 15. The molecule has 22 N–H and O–H groups in total. The predicted octanol–water partition coefficient (Wildman–Crippen LogP) is -4.51. The molecular formula is C46H86N20O8. The molecule has 8 atom stereocenters.